The van der Waals surface area contributed by atoms with Crippen molar-refractivity contribution in [1.82, 2.24) is 15.0 Å². The van der Waals surface area contributed by atoms with Crippen molar-refractivity contribution < 1.29 is 9.53 Å². The molecule has 2 aromatic rings. The molecule has 0 bridgehead atoms. The van der Waals surface area contributed by atoms with Crippen LogP contribution >= 0.6 is 0 Å². The summed E-state index contributed by atoms with van der Waals surface area (Å²) in [5.74, 6) is -0.104. The lowest BCUT2D eigenvalue weighted by molar-refractivity contribution is 0.0451. The Morgan fingerprint density at radius 3 is 2.52 bits per heavy atom. The maximum atomic E-state index is 11.9. The highest BCUT2D eigenvalue weighted by Gasteiger charge is 2.18. The van der Waals surface area contributed by atoms with E-state index in [0.29, 0.717) is 24.8 Å². The lowest BCUT2D eigenvalue weighted by atomic mass is 10.1. The van der Waals surface area contributed by atoms with E-state index in [1.165, 1.54) is 5.56 Å². The molecule has 0 unspecified atom stereocenters. The van der Waals surface area contributed by atoms with Crippen LogP contribution in [-0.4, -0.2) is 27.6 Å². The van der Waals surface area contributed by atoms with Gasteiger partial charge in [-0.05, 0) is 25.3 Å². The van der Waals surface area contributed by atoms with Crippen molar-refractivity contribution in [3.8, 4) is 0 Å². The molecule has 0 amide bonds. The summed E-state index contributed by atoms with van der Waals surface area (Å²) in [6, 6.07) is 8.21. The van der Waals surface area contributed by atoms with Gasteiger partial charge in [0.1, 0.15) is 0 Å². The van der Waals surface area contributed by atoms with E-state index in [2.05, 4.69) is 22.4 Å². The summed E-state index contributed by atoms with van der Waals surface area (Å²) in [6.07, 6.45) is 0. The minimum absolute atomic E-state index is 0.294. The number of ether oxygens (including phenoxy) is 1. The Hall–Kier alpha value is -2.17. The number of benzene rings is 1. The zero-order valence-corrected chi connectivity index (χ0v) is 13.0. The molecule has 0 aliphatic heterocycles. The molecule has 2 rings (SSSR count). The molecular formula is C16H21N3O2. The Morgan fingerprint density at radius 1 is 1.24 bits per heavy atom. The van der Waals surface area contributed by atoms with E-state index in [0.717, 1.165) is 11.3 Å². The predicted octanol–water partition coefficient (Wildman–Crippen LogP) is 2.76. The summed E-state index contributed by atoms with van der Waals surface area (Å²) in [4.78, 5) is 11.9. The van der Waals surface area contributed by atoms with Crippen LogP contribution in [-0.2, 0) is 11.3 Å². The average molecular weight is 287 g/mol. The highest BCUT2D eigenvalue weighted by molar-refractivity contribution is 5.88. The van der Waals surface area contributed by atoms with Crippen LogP contribution in [0.25, 0.3) is 0 Å². The topological polar surface area (TPSA) is 57.0 Å². The number of nitrogens with zero attached hydrogens (tertiary/aromatic N) is 3. The highest BCUT2D eigenvalue weighted by atomic mass is 16.5. The third-order valence-electron chi connectivity index (χ3n) is 3.18. The molecule has 5 nitrogen and oxygen atoms in total. The minimum atomic E-state index is -0.406. The normalized spacial score (nSPS) is 10.9. The number of aromatic nitrogens is 3. The first kappa shape index (κ1) is 15.2. The summed E-state index contributed by atoms with van der Waals surface area (Å²) in [5, 5.41) is 7.99. The van der Waals surface area contributed by atoms with Crippen molar-refractivity contribution in [2.45, 2.75) is 34.2 Å². The Morgan fingerprint density at radius 2 is 1.90 bits per heavy atom. The molecule has 0 spiro atoms. The third kappa shape index (κ3) is 3.90. The van der Waals surface area contributed by atoms with Gasteiger partial charge in [-0.3, -0.25) is 0 Å². The first-order valence-electron chi connectivity index (χ1n) is 7.10. The van der Waals surface area contributed by atoms with Gasteiger partial charge in [0.25, 0.3) is 0 Å². The highest BCUT2D eigenvalue weighted by Crippen LogP contribution is 2.10. The Balaban J connectivity index is 2.09. The zero-order valence-electron chi connectivity index (χ0n) is 13.0. The Labute approximate surface area is 124 Å². The van der Waals surface area contributed by atoms with Gasteiger partial charge in [-0.1, -0.05) is 48.9 Å². The molecule has 112 valence electrons. The summed E-state index contributed by atoms with van der Waals surface area (Å²) >= 11 is 0. The fraction of sp³-hybridized carbons (Fsp3) is 0.438. The summed E-state index contributed by atoms with van der Waals surface area (Å²) in [7, 11) is 0. The Kier molecular flexibility index (Phi) is 4.73. The van der Waals surface area contributed by atoms with Gasteiger partial charge >= 0.3 is 5.97 Å². The van der Waals surface area contributed by atoms with Gasteiger partial charge < -0.3 is 4.74 Å². The molecule has 0 saturated heterocycles. The molecule has 0 aliphatic rings. The zero-order chi connectivity index (χ0) is 15.4. The molecule has 1 aromatic heterocycles. The lowest BCUT2D eigenvalue weighted by Crippen LogP contribution is -2.12. The number of esters is 1. The van der Waals surface area contributed by atoms with E-state index < -0.39 is 5.97 Å². The second kappa shape index (κ2) is 6.52. The number of rotatable bonds is 5. The fourth-order valence-electron chi connectivity index (χ4n) is 1.88. The van der Waals surface area contributed by atoms with Gasteiger partial charge in [0.15, 0.2) is 5.69 Å². The molecule has 0 radical (unpaired) electrons. The van der Waals surface area contributed by atoms with Crippen molar-refractivity contribution in [3.05, 3.63) is 46.8 Å². The monoisotopic (exact) mass is 287 g/mol. The van der Waals surface area contributed by atoms with Crippen LogP contribution in [0.2, 0.25) is 0 Å². The van der Waals surface area contributed by atoms with Gasteiger partial charge in [0.05, 0.1) is 18.8 Å². The number of carbonyl (C=O) groups is 1. The molecule has 0 N–H and O–H groups in total. The van der Waals surface area contributed by atoms with E-state index in [4.69, 9.17) is 4.74 Å². The second-order valence-corrected chi connectivity index (χ2v) is 5.66. The molecule has 0 saturated carbocycles. The van der Waals surface area contributed by atoms with E-state index in [1.54, 1.807) is 4.68 Å². The van der Waals surface area contributed by atoms with Gasteiger partial charge in [-0.2, -0.15) is 0 Å². The van der Waals surface area contributed by atoms with Crippen LogP contribution in [0.3, 0.4) is 0 Å². The van der Waals surface area contributed by atoms with Gasteiger partial charge in [0.2, 0.25) is 0 Å². The molecule has 5 heteroatoms. The lowest BCUT2D eigenvalue weighted by Gasteiger charge is -2.06. The van der Waals surface area contributed by atoms with Gasteiger partial charge in [0, 0.05) is 0 Å². The number of aryl methyl sites for hydroxylation is 1. The van der Waals surface area contributed by atoms with Crippen molar-refractivity contribution in [2.75, 3.05) is 6.61 Å². The van der Waals surface area contributed by atoms with E-state index in [9.17, 15) is 4.79 Å². The summed E-state index contributed by atoms with van der Waals surface area (Å²) in [6.45, 7) is 8.86. The Bertz CT molecular complexity index is 615. The minimum Gasteiger partial charge on any atom is -0.461 e. The van der Waals surface area contributed by atoms with E-state index in [1.807, 2.05) is 39.8 Å². The van der Waals surface area contributed by atoms with Crippen molar-refractivity contribution in [3.63, 3.8) is 0 Å². The smallest absolute Gasteiger partial charge is 0.360 e. The van der Waals surface area contributed by atoms with Crippen LogP contribution in [0, 0.1) is 19.8 Å². The fourth-order valence-corrected chi connectivity index (χ4v) is 1.88. The van der Waals surface area contributed by atoms with Crippen LogP contribution in [0.1, 0.15) is 41.2 Å². The number of hydrogen-bond donors (Lipinski definition) is 0. The van der Waals surface area contributed by atoms with Gasteiger partial charge in [-0.25, -0.2) is 9.48 Å². The van der Waals surface area contributed by atoms with Crippen molar-refractivity contribution >= 4 is 5.97 Å². The largest absolute Gasteiger partial charge is 0.461 e. The summed E-state index contributed by atoms with van der Waals surface area (Å²) < 4.78 is 6.91. The molecule has 1 heterocycles. The van der Waals surface area contributed by atoms with Crippen LogP contribution in [0.4, 0.5) is 0 Å². The number of carbonyl (C=O) groups excluding carboxylic acids is 1. The van der Waals surface area contributed by atoms with Gasteiger partial charge in [-0.15, -0.1) is 5.10 Å². The molecule has 21 heavy (non-hydrogen) atoms. The first-order chi connectivity index (χ1) is 9.97. The predicted molar refractivity (Wildman–Crippen MR) is 80.2 cm³/mol. The maximum Gasteiger partial charge on any atom is 0.360 e. The summed E-state index contributed by atoms with van der Waals surface area (Å²) in [5.41, 5.74) is 3.36. The first-order valence-corrected chi connectivity index (χ1v) is 7.10. The van der Waals surface area contributed by atoms with E-state index in [-0.39, 0.29) is 0 Å². The SMILES string of the molecule is Cc1ccc(Cn2nnc(C(=O)OCC(C)C)c2C)cc1. The average Bonchev–Trinajstić information content (AvgIpc) is 2.80. The molecular weight excluding hydrogens is 266 g/mol. The molecule has 0 aliphatic carbocycles. The molecule has 1 aromatic carbocycles. The van der Waals surface area contributed by atoms with Crippen molar-refractivity contribution in [2.24, 2.45) is 5.92 Å². The molecule has 0 atom stereocenters. The number of hydrogen-bond acceptors (Lipinski definition) is 4. The quantitative estimate of drug-likeness (QED) is 0.793. The van der Waals surface area contributed by atoms with Crippen LogP contribution < -0.4 is 0 Å². The third-order valence-corrected chi connectivity index (χ3v) is 3.18. The van der Waals surface area contributed by atoms with E-state index >= 15 is 0 Å². The second-order valence-electron chi connectivity index (χ2n) is 5.66. The maximum absolute atomic E-state index is 11.9. The molecule has 0 fully saturated rings. The van der Waals surface area contributed by atoms with Crippen molar-refractivity contribution in [1.29, 1.82) is 0 Å². The van der Waals surface area contributed by atoms with Crippen LogP contribution in [0.5, 0.6) is 0 Å². The van der Waals surface area contributed by atoms with Crippen LogP contribution in [0.15, 0.2) is 24.3 Å². The standard InChI is InChI=1S/C16H21N3O2/c1-11(2)10-21-16(20)15-13(4)19(18-17-15)9-14-7-5-12(3)6-8-14/h5-8,11H,9-10H2,1-4H3.